The van der Waals surface area contributed by atoms with Crippen LogP contribution in [0.4, 0.5) is 0 Å². The number of aryl methyl sites for hydroxylation is 1. The van der Waals surface area contributed by atoms with Gasteiger partial charge < -0.3 is 15.0 Å². The van der Waals surface area contributed by atoms with Gasteiger partial charge in [0, 0.05) is 26.3 Å². The largest absolute Gasteiger partial charge is 0.374 e. The highest BCUT2D eigenvalue weighted by atomic mass is 16.5. The fourth-order valence-electron chi connectivity index (χ4n) is 2.37. The zero-order chi connectivity index (χ0) is 11.5. The van der Waals surface area contributed by atoms with Crippen molar-refractivity contribution in [3.63, 3.8) is 0 Å². The maximum Gasteiger partial charge on any atom is 0.0946 e. The van der Waals surface area contributed by atoms with E-state index in [-0.39, 0.29) is 12.1 Å². The number of hydrogen-bond acceptors (Lipinski definition) is 4. The Labute approximate surface area is 96.2 Å². The van der Waals surface area contributed by atoms with Crippen molar-refractivity contribution in [1.82, 2.24) is 14.5 Å². The average Bonchev–Trinajstić information content (AvgIpc) is 2.74. The highest BCUT2D eigenvalue weighted by Crippen LogP contribution is 2.28. The Morgan fingerprint density at radius 1 is 1.62 bits per heavy atom. The molecule has 5 heteroatoms. The van der Waals surface area contributed by atoms with E-state index >= 15 is 0 Å². The Hall–Kier alpha value is -0.910. The van der Waals surface area contributed by atoms with E-state index in [2.05, 4.69) is 16.8 Å². The topological polar surface area (TPSA) is 56.3 Å². The summed E-state index contributed by atoms with van der Waals surface area (Å²) in [4.78, 5) is 6.58. The molecule has 1 aliphatic heterocycles. The molecular formula is C11H20N4O. The molecule has 1 saturated heterocycles. The molecule has 2 unspecified atom stereocenters. The summed E-state index contributed by atoms with van der Waals surface area (Å²) in [5, 5.41) is 0. The smallest absolute Gasteiger partial charge is 0.0946 e. The minimum absolute atomic E-state index is 0.0732. The molecule has 1 fully saturated rings. The number of likely N-dealkylation sites (N-methyl/N-ethyl adjacent to an activating group) is 1. The summed E-state index contributed by atoms with van der Waals surface area (Å²) in [7, 11) is 2.01. The Kier molecular flexibility index (Phi) is 3.58. The lowest BCUT2D eigenvalue weighted by molar-refractivity contribution is -0.0680. The summed E-state index contributed by atoms with van der Waals surface area (Å²) in [6.07, 6.45) is 3.81. The Bertz CT molecular complexity index is 326. The lowest BCUT2D eigenvalue weighted by atomic mass is 10.0. The molecule has 2 heterocycles. The van der Waals surface area contributed by atoms with Gasteiger partial charge in [-0.15, -0.1) is 0 Å². The van der Waals surface area contributed by atoms with Crippen LogP contribution in [0.1, 0.15) is 18.7 Å². The fourth-order valence-corrected chi connectivity index (χ4v) is 2.37. The van der Waals surface area contributed by atoms with Crippen molar-refractivity contribution in [1.29, 1.82) is 0 Å². The molecule has 0 spiro atoms. The van der Waals surface area contributed by atoms with Crippen LogP contribution < -0.4 is 5.73 Å². The van der Waals surface area contributed by atoms with Gasteiger partial charge in [-0.2, -0.15) is 0 Å². The highest BCUT2D eigenvalue weighted by Gasteiger charge is 2.33. The zero-order valence-electron chi connectivity index (χ0n) is 9.97. The molecule has 0 bridgehead atoms. The van der Waals surface area contributed by atoms with Gasteiger partial charge >= 0.3 is 0 Å². The van der Waals surface area contributed by atoms with E-state index in [1.54, 1.807) is 0 Å². The van der Waals surface area contributed by atoms with Gasteiger partial charge in [0.15, 0.2) is 0 Å². The SMILES string of the molecule is CCN1CCOC(CN)C1c1cncn1C. The second kappa shape index (κ2) is 4.95. The Morgan fingerprint density at radius 2 is 2.44 bits per heavy atom. The lowest BCUT2D eigenvalue weighted by Crippen LogP contribution is -2.48. The highest BCUT2D eigenvalue weighted by molar-refractivity contribution is 5.09. The van der Waals surface area contributed by atoms with E-state index in [0.717, 1.165) is 19.7 Å². The molecule has 0 radical (unpaired) electrons. The van der Waals surface area contributed by atoms with Crippen molar-refractivity contribution >= 4 is 0 Å². The first-order valence-electron chi connectivity index (χ1n) is 5.79. The predicted molar refractivity (Wildman–Crippen MR) is 62.0 cm³/mol. The number of imidazole rings is 1. The van der Waals surface area contributed by atoms with E-state index in [0.29, 0.717) is 6.54 Å². The molecular weight excluding hydrogens is 204 g/mol. The van der Waals surface area contributed by atoms with Crippen LogP contribution in [0.15, 0.2) is 12.5 Å². The first kappa shape index (κ1) is 11.6. The van der Waals surface area contributed by atoms with Crippen molar-refractivity contribution < 1.29 is 4.74 Å². The Balaban J connectivity index is 2.28. The molecule has 5 nitrogen and oxygen atoms in total. The summed E-state index contributed by atoms with van der Waals surface area (Å²) in [5.74, 6) is 0. The molecule has 0 aromatic carbocycles. The van der Waals surface area contributed by atoms with E-state index in [1.165, 1.54) is 5.69 Å². The molecule has 1 aliphatic rings. The Morgan fingerprint density at radius 3 is 3.00 bits per heavy atom. The molecule has 0 aliphatic carbocycles. The summed E-state index contributed by atoms with van der Waals surface area (Å²) in [5.41, 5.74) is 6.96. The quantitative estimate of drug-likeness (QED) is 0.793. The van der Waals surface area contributed by atoms with Gasteiger partial charge in [0.1, 0.15) is 0 Å². The van der Waals surface area contributed by atoms with Gasteiger partial charge in [-0.1, -0.05) is 6.92 Å². The summed E-state index contributed by atoms with van der Waals surface area (Å²) in [6, 6.07) is 0.233. The van der Waals surface area contributed by atoms with Crippen LogP contribution in [-0.4, -0.2) is 46.8 Å². The monoisotopic (exact) mass is 224 g/mol. The molecule has 1 aromatic rings. The van der Waals surface area contributed by atoms with Crippen LogP contribution in [0.5, 0.6) is 0 Å². The van der Waals surface area contributed by atoms with Crippen molar-refractivity contribution in [3.05, 3.63) is 18.2 Å². The second-order valence-electron chi connectivity index (χ2n) is 4.15. The maximum atomic E-state index is 5.79. The van der Waals surface area contributed by atoms with E-state index in [4.69, 9.17) is 10.5 Å². The average molecular weight is 224 g/mol. The number of nitrogens with zero attached hydrogens (tertiary/aromatic N) is 3. The maximum absolute atomic E-state index is 5.79. The number of morpholine rings is 1. The van der Waals surface area contributed by atoms with Gasteiger partial charge in [-0.3, -0.25) is 4.90 Å². The zero-order valence-corrected chi connectivity index (χ0v) is 9.97. The minimum Gasteiger partial charge on any atom is -0.374 e. The molecule has 2 rings (SSSR count). The fraction of sp³-hybridized carbons (Fsp3) is 0.727. The van der Waals surface area contributed by atoms with Crippen molar-refractivity contribution in [2.24, 2.45) is 12.8 Å². The third-order valence-electron chi connectivity index (χ3n) is 3.25. The first-order valence-corrected chi connectivity index (χ1v) is 5.79. The number of ether oxygens (including phenoxy) is 1. The number of rotatable bonds is 3. The van der Waals surface area contributed by atoms with Gasteiger partial charge in [0.05, 0.1) is 30.8 Å². The summed E-state index contributed by atoms with van der Waals surface area (Å²) < 4.78 is 7.79. The summed E-state index contributed by atoms with van der Waals surface area (Å²) in [6.45, 7) is 5.46. The van der Waals surface area contributed by atoms with Crippen molar-refractivity contribution in [2.75, 3.05) is 26.2 Å². The van der Waals surface area contributed by atoms with Crippen molar-refractivity contribution in [2.45, 2.75) is 19.1 Å². The minimum atomic E-state index is 0.0732. The molecule has 2 atom stereocenters. The van der Waals surface area contributed by atoms with Gasteiger partial charge in [0.2, 0.25) is 0 Å². The van der Waals surface area contributed by atoms with Gasteiger partial charge in [-0.05, 0) is 6.54 Å². The number of hydrogen-bond donors (Lipinski definition) is 1. The molecule has 1 aromatic heterocycles. The van der Waals surface area contributed by atoms with Crippen LogP contribution in [0.3, 0.4) is 0 Å². The summed E-state index contributed by atoms with van der Waals surface area (Å²) >= 11 is 0. The normalized spacial score (nSPS) is 27.2. The third-order valence-corrected chi connectivity index (χ3v) is 3.25. The number of nitrogens with two attached hydrogens (primary N) is 1. The molecule has 90 valence electrons. The van der Waals surface area contributed by atoms with Crippen LogP contribution >= 0.6 is 0 Å². The van der Waals surface area contributed by atoms with Crippen molar-refractivity contribution in [3.8, 4) is 0 Å². The van der Waals surface area contributed by atoms with E-state index in [1.807, 2.05) is 24.1 Å². The van der Waals surface area contributed by atoms with Crippen LogP contribution in [0.25, 0.3) is 0 Å². The number of aromatic nitrogens is 2. The first-order chi connectivity index (χ1) is 7.77. The van der Waals surface area contributed by atoms with Gasteiger partial charge in [-0.25, -0.2) is 4.98 Å². The predicted octanol–water partition coefficient (Wildman–Crippen LogP) is 0.141. The third kappa shape index (κ3) is 1.98. The molecule has 16 heavy (non-hydrogen) atoms. The van der Waals surface area contributed by atoms with Crippen LogP contribution in [-0.2, 0) is 11.8 Å². The van der Waals surface area contributed by atoms with Crippen LogP contribution in [0, 0.1) is 0 Å². The van der Waals surface area contributed by atoms with E-state index < -0.39 is 0 Å². The molecule has 0 amide bonds. The molecule has 2 N–H and O–H groups in total. The lowest BCUT2D eigenvalue weighted by Gasteiger charge is -2.40. The standard InChI is InChI=1S/C11H20N4O/c1-3-15-4-5-16-10(6-12)11(15)9-7-13-8-14(9)2/h7-8,10-11H,3-6,12H2,1-2H3. The van der Waals surface area contributed by atoms with Crippen LogP contribution in [0.2, 0.25) is 0 Å². The van der Waals surface area contributed by atoms with E-state index in [9.17, 15) is 0 Å². The molecule has 0 saturated carbocycles. The second-order valence-corrected chi connectivity index (χ2v) is 4.15. The van der Waals surface area contributed by atoms with Gasteiger partial charge in [0.25, 0.3) is 0 Å².